The molecule has 1 atom stereocenters. The van der Waals surface area contributed by atoms with Gasteiger partial charge < -0.3 is 5.73 Å². The Labute approximate surface area is 101 Å². The number of nitrogens with zero attached hydrogens (tertiary/aromatic N) is 1. The van der Waals surface area contributed by atoms with Crippen molar-refractivity contribution in [3.05, 3.63) is 23.9 Å². The molecule has 0 saturated carbocycles. The van der Waals surface area contributed by atoms with E-state index in [0.29, 0.717) is 11.9 Å². The highest BCUT2D eigenvalue weighted by molar-refractivity contribution is 7.99. The number of thioether (sulfide) groups is 1. The van der Waals surface area contributed by atoms with Crippen LogP contribution in [0, 0.1) is 0 Å². The van der Waals surface area contributed by atoms with Gasteiger partial charge in [-0.05, 0) is 36.3 Å². The summed E-state index contributed by atoms with van der Waals surface area (Å²) in [6, 6.07) is 4.17. The zero-order chi connectivity index (χ0) is 11.8. The maximum Gasteiger partial charge on any atom is 0.123 e. The molecule has 0 radical (unpaired) electrons. The number of hydrazine groups is 1. The fraction of sp³-hybridized carbons (Fsp3) is 0.545. The van der Waals surface area contributed by atoms with E-state index in [0.717, 1.165) is 12.2 Å². The molecule has 1 aromatic rings. The van der Waals surface area contributed by atoms with E-state index in [1.165, 1.54) is 17.7 Å². The molecule has 16 heavy (non-hydrogen) atoms. The van der Waals surface area contributed by atoms with E-state index in [1.807, 2.05) is 23.9 Å². The van der Waals surface area contributed by atoms with Gasteiger partial charge in [-0.3, -0.25) is 11.3 Å². The van der Waals surface area contributed by atoms with Crippen molar-refractivity contribution in [2.24, 2.45) is 5.84 Å². The molecule has 1 unspecified atom stereocenters. The predicted octanol–water partition coefficient (Wildman–Crippen LogP) is 1.18. The van der Waals surface area contributed by atoms with Crippen molar-refractivity contribution >= 4 is 17.6 Å². The van der Waals surface area contributed by atoms with Gasteiger partial charge in [0, 0.05) is 18.0 Å². The standard InChI is InChI=1S/C11H20N4S/c1-2-5-16-8-10(15-13)6-9-3-4-14-11(12)7-9/h3-4,7,10,15H,2,5-6,8,13H2,1H3,(H2,12,14). The van der Waals surface area contributed by atoms with Crippen molar-refractivity contribution in [1.82, 2.24) is 10.4 Å². The largest absolute Gasteiger partial charge is 0.384 e. The molecule has 1 aromatic heterocycles. The minimum Gasteiger partial charge on any atom is -0.384 e. The SMILES string of the molecule is CCCSCC(Cc1ccnc(N)c1)NN. The van der Waals surface area contributed by atoms with Gasteiger partial charge in [0.1, 0.15) is 5.82 Å². The van der Waals surface area contributed by atoms with Crippen LogP contribution < -0.4 is 17.0 Å². The number of hydrogen-bond acceptors (Lipinski definition) is 5. The highest BCUT2D eigenvalue weighted by Gasteiger charge is 2.07. The molecule has 90 valence electrons. The number of aromatic nitrogens is 1. The average molecular weight is 240 g/mol. The molecule has 0 saturated heterocycles. The lowest BCUT2D eigenvalue weighted by Crippen LogP contribution is -2.38. The van der Waals surface area contributed by atoms with Crippen LogP contribution in [0.2, 0.25) is 0 Å². The molecule has 0 amide bonds. The molecule has 0 spiro atoms. The Bertz CT molecular complexity index is 306. The van der Waals surface area contributed by atoms with Crippen LogP contribution in [0.5, 0.6) is 0 Å². The van der Waals surface area contributed by atoms with Gasteiger partial charge in [-0.15, -0.1) is 0 Å². The van der Waals surface area contributed by atoms with E-state index in [9.17, 15) is 0 Å². The number of nitrogen functional groups attached to an aromatic ring is 1. The first-order chi connectivity index (χ1) is 7.76. The molecule has 0 aliphatic heterocycles. The molecule has 1 heterocycles. The van der Waals surface area contributed by atoms with Crippen molar-refractivity contribution in [1.29, 1.82) is 0 Å². The molecule has 0 aromatic carbocycles. The normalized spacial score (nSPS) is 12.6. The number of nitrogens with one attached hydrogen (secondary N) is 1. The van der Waals surface area contributed by atoms with Crippen molar-refractivity contribution in [2.75, 3.05) is 17.2 Å². The lowest BCUT2D eigenvalue weighted by molar-refractivity contribution is 0.575. The maximum atomic E-state index is 5.63. The Morgan fingerprint density at radius 3 is 3.00 bits per heavy atom. The summed E-state index contributed by atoms with van der Waals surface area (Å²) < 4.78 is 0. The number of rotatable bonds is 7. The highest BCUT2D eigenvalue weighted by atomic mass is 32.2. The number of pyridine rings is 1. The van der Waals surface area contributed by atoms with Gasteiger partial charge in [-0.1, -0.05) is 6.92 Å². The van der Waals surface area contributed by atoms with Crippen molar-refractivity contribution < 1.29 is 0 Å². The van der Waals surface area contributed by atoms with E-state index < -0.39 is 0 Å². The van der Waals surface area contributed by atoms with Crippen LogP contribution in [-0.4, -0.2) is 22.5 Å². The molecule has 1 rings (SSSR count). The predicted molar refractivity (Wildman–Crippen MR) is 71.1 cm³/mol. The Kier molecular flexibility index (Phi) is 6.22. The highest BCUT2D eigenvalue weighted by Crippen LogP contribution is 2.10. The third kappa shape index (κ3) is 4.83. The Morgan fingerprint density at radius 1 is 1.56 bits per heavy atom. The first kappa shape index (κ1) is 13.3. The molecule has 0 fully saturated rings. The van der Waals surface area contributed by atoms with Gasteiger partial charge in [0.05, 0.1) is 0 Å². The molecule has 5 heteroatoms. The van der Waals surface area contributed by atoms with Crippen molar-refractivity contribution in [3.8, 4) is 0 Å². The first-order valence-electron chi connectivity index (χ1n) is 5.50. The second-order valence-electron chi connectivity index (χ2n) is 3.73. The molecular formula is C11H20N4S. The second kappa shape index (κ2) is 7.49. The summed E-state index contributed by atoms with van der Waals surface area (Å²) in [6.07, 6.45) is 3.82. The number of anilines is 1. The molecular weight excluding hydrogens is 220 g/mol. The quantitative estimate of drug-likeness (QED) is 0.379. The third-order valence-electron chi connectivity index (χ3n) is 2.23. The van der Waals surface area contributed by atoms with Gasteiger partial charge in [0.15, 0.2) is 0 Å². The minimum atomic E-state index is 0.290. The third-order valence-corrected chi connectivity index (χ3v) is 3.57. The van der Waals surface area contributed by atoms with Crippen LogP contribution in [0.3, 0.4) is 0 Å². The Hall–Kier alpha value is -0.780. The maximum absolute atomic E-state index is 5.63. The van der Waals surface area contributed by atoms with Crippen molar-refractivity contribution in [2.45, 2.75) is 25.8 Å². The van der Waals surface area contributed by atoms with Crippen LogP contribution in [0.1, 0.15) is 18.9 Å². The molecule has 0 aliphatic carbocycles. The zero-order valence-electron chi connectivity index (χ0n) is 9.65. The lowest BCUT2D eigenvalue weighted by atomic mass is 10.1. The summed E-state index contributed by atoms with van der Waals surface area (Å²) in [5.41, 5.74) is 9.65. The monoisotopic (exact) mass is 240 g/mol. The van der Waals surface area contributed by atoms with E-state index in [2.05, 4.69) is 17.3 Å². The van der Waals surface area contributed by atoms with E-state index in [-0.39, 0.29) is 0 Å². The van der Waals surface area contributed by atoms with E-state index >= 15 is 0 Å². The molecule has 0 bridgehead atoms. The average Bonchev–Trinajstić information content (AvgIpc) is 2.28. The van der Waals surface area contributed by atoms with Gasteiger partial charge in [0.2, 0.25) is 0 Å². The number of nitrogens with two attached hydrogens (primary N) is 2. The summed E-state index contributed by atoms with van der Waals surface area (Å²) in [5, 5.41) is 0. The van der Waals surface area contributed by atoms with Gasteiger partial charge in [0.25, 0.3) is 0 Å². The first-order valence-corrected chi connectivity index (χ1v) is 6.66. The van der Waals surface area contributed by atoms with Gasteiger partial charge >= 0.3 is 0 Å². The van der Waals surface area contributed by atoms with Crippen LogP contribution in [-0.2, 0) is 6.42 Å². The smallest absolute Gasteiger partial charge is 0.123 e. The fourth-order valence-electron chi connectivity index (χ4n) is 1.44. The molecule has 0 aliphatic rings. The summed E-state index contributed by atoms with van der Waals surface area (Å²) in [4.78, 5) is 3.97. The van der Waals surface area contributed by atoms with Gasteiger partial charge in [-0.25, -0.2) is 4.98 Å². The summed E-state index contributed by atoms with van der Waals surface area (Å²) >= 11 is 1.92. The van der Waals surface area contributed by atoms with Crippen LogP contribution in [0.25, 0.3) is 0 Å². The van der Waals surface area contributed by atoms with Gasteiger partial charge in [-0.2, -0.15) is 11.8 Å². The van der Waals surface area contributed by atoms with Crippen LogP contribution in [0.4, 0.5) is 5.82 Å². The Morgan fingerprint density at radius 2 is 2.38 bits per heavy atom. The molecule has 4 nitrogen and oxygen atoms in total. The van der Waals surface area contributed by atoms with E-state index in [4.69, 9.17) is 11.6 Å². The minimum absolute atomic E-state index is 0.290. The van der Waals surface area contributed by atoms with Crippen LogP contribution >= 0.6 is 11.8 Å². The summed E-state index contributed by atoms with van der Waals surface area (Å²) in [6.45, 7) is 2.18. The molecule has 5 N–H and O–H groups in total. The zero-order valence-corrected chi connectivity index (χ0v) is 10.5. The lowest BCUT2D eigenvalue weighted by Gasteiger charge is -2.15. The summed E-state index contributed by atoms with van der Waals surface area (Å²) in [5.74, 6) is 8.29. The Balaban J connectivity index is 2.43. The summed E-state index contributed by atoms with van der Waals surface area (Å²) in [7, 11) is 0. The van der Waals surface area contributed by atoms with Crippen LogP contribution in [0.15, 0.2) is 18.3 Å². The number of hydrogen-bond donors (Lipinski definition) is 3. The second-order valence-corrected chi connectivity index (χ2v) is 4.88. The van der Waals surface area contributed by atoms with E-state index in [1.54, 1.807) is 6.20 Å². The fourth-order valence-corrected chi connectivity index (χ4v) is 2.40. The topological polar surface area (TPSA) is 77.0 Å². The van der Waals surface area contributed by atoms with Crippen molar-refractivity contribution in [3.63, 3.8) is 0 Å².